The molecule has 0 saturated carbocycles. The average molecular weight is 371 g/mol. The second-order valence-corrected chi connectivity index (χ2v) is 6.28. The monoisotopic (exact) mass is 370 g/mol. The Morgan fingerprint density at radius 3 is 2.46 bits per heavy atom. The predicted octanol–water partition coefficient (Wildman–Crippen LogP) is 4.36. The highest BCUT2D eigenvalue weighted by molar-refractivity contribution is 6.31. The molecule has 0 bridgehead atoms. The van der Waals surface area contributed by atoms with Gasteiger partial charge < -0.3 is 9.47 Å². The fraction of sp³-hybridized carbons (Fsp3) is 0.200. The third-order valence-electron chi connectivity index (χ3n) is 4.13. The lowest BCUT2D eigenvalue weighted by Crippen LogP contribution is -2.07. The molecular formula is C20H19ClN2O3. The molecular weight excluding hydrogens is 352 g/mol. The lowest BCUT2D eigenvalue weighted by Gasteiger charge is -2.09. The zero-order valence-corrected chi connectivity index (χ0v) is 15.6. The molecule has 1 aromatic heterocycles. The van der Waals surface area contributed by atoms with E-state index in [0.717, 1.165) is 28.1 Å². The number of methoxy groups -OCH3 is 2. The standard InChI is InChI=1S/C20H19ClN2O3/c1-13-4-5-14(10-17(13)21)12-23-19(11-18(22-23)20(24)26-3)15-6-8-16(25-2)9-7-15/h4-11H,12H2,1-3H3. The van der Waals surface area contributed by atoms with E-state index in [1.807, 2.05) is 49.4 Å². The van der Waals surface area contributed by atoms with Gasteiger partial charge in [0.15, 0.2) is 5.69 Å². The molecule has 0 radical (unpaired) electrons. The Morgan fingerprint density at radius 2 is 1.85 bits per heavy atom. The van der Waals surface area contributed by atoms with Gasteiger partial charge in [0.25, 0.3) is 0 Å². The first-order valence-electron chi connectivity index (χ1n) is 8.07. The number of carbonyl (C=O) groups excluding carboxylic acids is 1. The van der Waals surface area contributed by atoms with Crippen molar-refractivity contribution in [1.82, 2.24) is 9.78 Å². The van der Waals surface area contributed by atoms with E-state index in [1.54, 1.807) is 17.9 Å². The summed E-state index contributed by atoms with van der Waals surface area (Å²) in [5.74, 6) is 0.291. The molecule has 0 fully saturated rings. The molecule has 0 spiro atoms. The Labute approximate surface area is 157 Å². The summed E-state index contributed by atoms with van der Waals surface area (Å²) in [5, 5.41) is 5.12. The number of rotatable bonds is 5. The van der Waals surface area contributed by atoms with Gasteiger partial charge in [0.1, 0.15) is 5.75 Å². The topological polar surface area (TPSA) is 53.4 Å². The van der Waals surface area contributed by atoms with Crippen LogP contribution in [0.4, 0.5) is 0 Å². The van der Waals surface area contributed by atoms with Crippen LogP contribution in [0.15, 0.2) is 48.5 Å². The van der Waals surface area contributed by atoms with Crippen molar-refractivity contribution < 1.29 is 14.3 Å². The number of benzene rings is 2. The number of halogens is 1. The molecule has 0 aliphatic heterocycles. The summed E-state index contributed by atoms with van der Waals surface area (Å²) < 4.78 is 11.8. The van der Waals surface area contributed by atoms with E-state index in [4.69, 9.17) is 21.1 Å². The van der Waals surface area contributed by atoms with Gasteiger partial charge >= 0.3 is 5.97 Å². The van der Waals surface area contributed by atoms with Crippen molar-refractivity contribution in [3.8, 4) is 17.0 Å². The second-order valence-electron chi connectivity index (χ2n) is 5.88. The van der Waals surface area contributed by atoms with Crippen LogP contribution in [0.3, 0.4) is 0 Å². The van der Waals surface area contributed by atoms with E-state index >= 15 is 0 Å². The number of esters is 1. The molecule has 134 valence electrons. The molecule has 6 heteroatoms. The van der Waals surface area contributed by atoms with Crippen molar-refractivity contribution in [3.63, 3.8) is 0 Å². The van der Waals surface area contributed by atoms with Crippen LogP contribution in [-0.4, -0.2) is 30.0 Å². The number of hydrogen-bond donors (Lipinski definition) is 0. The van der Waals surface area contributed by atoms with Crippen LogP contribution in [0.25, 0.3) is 11.3 Å². The summed E-state index contributed by atoms with van der Waals surface area (Å²) in [6, 6.07) is 15.2. The second kappa shape index (κ2) is 7.62. The SMILES string of the molecule is COC(=O)c1cc(-c2ccc(OC)cc2)n(Cc2ccc(C)c(Cl)c2)n1. The summed E-state index contributed by atoms with van der Waals surface area (Å²) in [6.45, 7) is 2.44. The van der Waals surface area contributed by atoms with Crippen LogP contribution < -0.4 is 4.74 Å². The first-order chi connectivity index (χ1) is 12.5. The summed E-state index contributed by atoms with van der Waals surface area (Å²) in [4.78, 5) is 11.9. The Balaban J connectivity index is 2.02. The van der Waals surface area contributed by atoms with Crippen molar-refractivity contribution >= 4 is 17.6 Å². The van der Waals surface area contributed by atoms with E-state index in [9.17, 15) is 4.79 Å². The molecule has 0 atom stereocenters. The van der Waals surface area contributed by atoms with Gasteiger partial charge in [-0.3, -0.25) is 4.68 Å². The van der Waals surface area contributed by atoms with E-state index in [1.165, 1.54) is 7.11 Å². The van der Waals surface area contributed by atoms with Crippen LogP contribution in [-0.2, 0) is 11.3 Å². The van der Waals surface area contributed by atoms with Crippen LogP contribution in [0.1, 0.15) is 21.6 Å². The van der Waals surface area contributed by atoms with Crippen molar-refractivity contribution in [1.29, 1.82) is 0 Å². The minimum atomic E-state index is -0.472. The molecule has 1 heterocycles. The highest BCUT2D eigenvalue weighted by Gasteiger charge is 2.16. The largest absolute Gasteiger partial charge is 0.497 e. The van der Waals surface area contributed by atoms with Crippen LogP contribution in [0.2, 0.25) is 5.02 Å². The van der Waals surface area contributed by atoms with Crippen molar-refractivity contribution in [3.05, 3.63) is 70.4 Å². The number of nitrogens with zero attached hydrogens (tertiary/aromatic N) is 2. The fourth-order valence-corrected chi connectivity index (χ4v) is 2.85. The number of carbonyl (C=O) groups is 1. The van der Waals surface area contributed by atoms with Gasteiger partial charge in [-0.05, 0) is 54.4 Å². The smallest absolute Gasteiger partial charge is 0.358 e. The van der Waals surface area contributed by atoms with Crippen LogP contribution >= 0.6 is 11.6 Å². The average Bonchev–Trinajstić information content (AvgIpc) is 3.08. The zero-order chi connectivity index (χ0) is 18.7. The van der Waals surface area contributed by atoms with Gasteiger partial charge in [-0.25, -0.2) is 4.79 Å². The Kier molecular flexibility index (Phi) is 5.28. The highest BCUT2D eigenvalue weighted by atomic mass is 35.5. The minimum absolute atomic E-state index is 0.261. The van der Waals surface area contributed by atoms with Gasteiger partial charge in [-0.1, -0.05) is 23.7 Å². The number of hydrogen-bond acceptors (Lipinski definition) is 4. The maximum absolute atomic E-state index is 11.9. The summed E-state index contributed by atoms with van der Waals surface area (Å²) >= 11 is 6.23. The first kappa shape index (κ1) is 18.0. The molecule has 0 unspecified atom stereocenters. The summed E-state index contributed by atoms with van der Waals surface area (Å²) in [7, 11) is 2.96. The molecule has 26 heavy (non-hydrogen) atoms. The van der Waals surface area contributed by atoms with Gasteiger partial charge in [0.05, 0.1) is 26.5 Å². The van der Waals surface area contributed by atoms with Crippen molar-refractivity contribution in [2.45, 2.75) is 13.5 Å². The molecule has 0 aliphatic rings. The molecule has 5 nitrogen and oxygen atoms in total. The molecule has 3 aromatic rings. The van der Waals surface area contributed by atoms with Crippen molar-refractivity contribution in [2.24, 2.45) is 0 Å². The Bertz CT molecular complexity index is 933. The lowest BCUT2D eigenvalue weighted by atomic mass is 10.1. The van der Waals surface area contributed by atoms with Crippen LogP contribution in [0.5, 0.6) is 5.75 Å². The summed E-state index contributed by atoms with van der Waals surface area (Å²) in [6.07, 6.45) is 0. The molecule has 0 amide bonds. The fourth-order valence-electron chi connectivity index (χ4n) is 2.64. The van der Waals surface area contributed by atoms with Crippen molar-refractivity contribution in [2.75, 3.05) is 14.2 Å². The van der Waals surface area contributed by atoms with Gasteiger partial charge in [-0.2, -0.15) is 5.10 Å². The normalized spacial score (nSPS) is 10.6. The molecule has 2 aromatic carbocycles. The van der Waals surface area contributed by atoms with Crippen LogP contribution in [0, 0.1) is 6.92 Å². The van der Waals surface area contributed by atoms with E-state index in [-0.39, 0.29) is 5.69 Å². The highest BCUT2D eigenvalue weighted by Crippen LogP contribution is 2.25. The zero-order valence-electron chi connectivity index (χ0n) is 14.8. The first-order valence-corrected chi connectivity index (χ1v) is 8.45. The number of aryl methyl sites for hydroxylation is 1. The molecule has 3 rings (SSSR count). The summed E-state index contributed by atoms with van der Waals surface area (Å²) in [5.41, 5.74) is 4.00. The third-order valence-corrected chi connectivity index (χ3v) is 4.54. The maximum Gasteiger partial charge on any atom is 0.358 e. The van der Waals surface area contributed by atoms with E-state index < -0.39 is 5.97 Å². The predicted molar refractivity (Wildman–Crippen MR) is 101 cm³/mol. The van der Waals surface area contributed by atoms with Gasteiger partial charge in [0, 0.05) is 10.6 Å². The lowest BCUT2D eigenvalue weighted by molar-refractivity contribution is 0.0593. The minimum Gasteiger partial charge on any atom is -0.497 e. The number of ether oxygens (including phenoxy) is 2. The third kappa shape index (κ3) is 3.73. The number of aromatic nitrogens is 2. The van der Waals surface area contributed by atoms with E-state index in [0.29, 0.717) is 11.6 Å². The Hall–Kier alpha value is -2.79. The molecule has 0 aliphatic carbocycles. The quantitative estimate of drug-likeness (QED) is 0.626. The maximum atomic E-state index is 11.9. The van der Waals surface area contributed by atoms with Gasteiger partial charge in [0.2, 0.25) is 0 Å². The molecule has 0 N–H and O–H groups in total. The molecule has 0 saturated heterocycles. The van der Waals surface area contributed by atoms with Gasteiger partial charge in [-0.15, -0.1) is 0 Å². The van der Waals surface area contributed by atoms with E-state index in [2.05, 4.69) is 5.10 Å². The Morgan fingerprint density at radius 1 is 1.12 bits per heavy atom.